The van der Waals surface area contributed by atoms with Gasteiger partial charge in [0.1, 0.15) is 0 Å². The van der Waals surface area contributed by atoms with E-state index < -0.39 is 5.41 Å². The Bertz CT molecular complexity index is 541. The molecule has 0 saturated heterocycles. The Kier molecular flexibility index (Phi) is 3.54. The number of amides is 1. The highest BCUT2D eigenvalue weighted by molar-refractivity contribution is 7.80. The number of halogens is 2. The van der Waals surface area contributed by atoms with E-state index in [9.17, 15) is 4.79 Å². The third-order valence-electron chi connectivity index (χ3n) is 3.18. The smallest absolute Gasteiger partial charge is 0.237 e. The number of benzene rings is 1. The van der Waals surface area contributed by atoms with Crippen molar-refractivity contribution in [3.63, 3.8) is 0 Å². The first-order chi connectivity index (χ1) is 8.38. The summed E-state index contributed by atoms with van der Waals surface area (Å²) in [6, 6.07) is 3.49. The van der Waals surface area contributed by atoms with E-state index in [4.69, 9.17) is 41.2 Å². The molecule has 0 unspecified atom stereocenters. The fraction of sp³-hybridized carbons (Fsp3) is 0.333. The molecule has 1 fully saturated rings. The van der Waals surface area contributed by atoms with Gasteiger partial charge in [0.05, 0.1) is 26.1 Å². The van der Waals surface area contributed by atoms with E-state index in [-0.39, 0.29) is 10.9 Å². The number of carbonyl (C=O) groups is 1. The van der Waals surface area contributed by atoms with Crippen LogP contribution in [0, 0.1) is 12.3 Å². The van der Waals surface area contributed by atoms with Gasteiger partial charge in [0, 0.05) is 0 Å². The lowest BCUT2D eigenvalue weighted by atomic mass is 10.1. The van der Waals surface area contributed by atoms with Gasteiger partial charge < -0.3 is 11.1 Å². The zero-order chi connectivity index (χ0) is 13.5. The van der Waals surface area contributed by atoms with Crippen molar-refractivity contribution in [2.45, 2.75) is 19.8 Å². The van der Waals surface area contributed by atoms with Gasteiger partial charge in [-0.3, -0.25) is 4.79 Å². The molecule has 2 rings (SSSR count). The van der Waals surface area contributed by atoms with Crippen LogP contribution in [0.15, 0.2) is 12.1 Å². The fourth-order valence-electron chi connectivity index (χ4n) is 1.71. The van der Waals surface area contributed by atoms with E-state index in [1.165, 1.54) is 0 Å². The molecule has 0 atom stereocenters. The molecule has 1 aliphatic carbocycles. The zero-order valence-electron chi connectivity index (χ0n) is 9.72. The molecule has 1 amide bonds. The van der Waals surface area contributed by atoms with Crippen LogP contribution in [0.4, 0.5) is 5.69 Å². The number of thiocarbonyl (C=S) groups is 1. The normalized spacial score (nSPS) is 16.2. The lowest BCUT2D eigenvalue weighted by molar-refractivity contribution is -0.118. The molecule has 1 aromatic carbocycles. The van der Waals surface area contributed by atoms with Crippen LogP contribution in [0.25, 0.3) is 0 Å². The van der Waals surface area contributed by atoms with Gasteiger partial charge in [-0.05, 0) is 31.4 Å². The summed E-state index contributed by atoms with van der Waals surface area (Å²) < 4.78 is 0. The maximum absolute atomic E-state index is 12.2. The maximum atomic E-state index is 12.2. The summed E-state index contributed by atoms with van der Waals surface area (Å²) in [6.07, 6.45) is 1.35. The quantitative estimate of drug-likeness (QED) is 0.842. The minimum Gasteiger partial charge on any atom is -0.392 e. The molecule has 0 radical (unpaired) electrons. The summed E-state index contributed by atoms with van der Waals surface area (Å²) >= 11 is 17.1. The predicted octanol–water partition coefficient (Wildman–Crippen LogP) is 3.31. The first kappa shape index (κ1) is 13.6. The van der Waals surface area contributed by atoms with Gasteiger partial charge in [0.2, 0.25) is 5.91 Å². The van der Waals surface area contributed by atoms with E-state index in [0.717, 1.165) is 5.56 Å². The van der Waals surface area contributed by atoms with Gasteiger partial charge in [-0.1, -0.05) is 41.5 Å². The van der Waals surface area contributed by atoms with Crippen LogP contribution in [-0.2, 0) is 4.79 Å². The first-order valence-electron chi connectivity index (χ1n) is 5.44. The van der Waals surface area contributed by atoms with Crippen molar-refractivity contribution in [2.24, 2.45) is 11.1 Å². The second-order valence-electron chi connectivity index (χ2n) is 4.45. The molecule has 0 spiro atoms. The van der Waals surface area contributed by atoms with Gasteiger partial charge in [-0.15, -0.1) is 0 Å². The monoisotopic (exact) mass is 302 g/mol. The average Bonchev–Trinajstić information content (AvgIpc) is 3.10. The van der Waals surface area contributed by atoms with Gasteiger partial charge >= 0.3 is 0 Å². The van der Waals surface area contributed by atoms with Crippen LogP contribution in [0.3, 0.4) is 0 Å². The Hall–Kier alpha value is -0.840. The Balaban J connectivity index is 2.28. The van der Waals surface area contributed by atoms with Crippen molar-refractivity contribution in [1.29, 1.82) is 0 Å². The Morgan fingerprint density at radius 3 is 2.56 bits per heavy atom. The van der Waals surface area contributed by atoms with Gasteiger partial charge in [0.25, 0.3) is 0 Å². The maximum Gasteiger partial charge on any atom is 0.237 e. The molecule has 1 saturated carbocycles. The van der Waals surface area contributed by atoms with Crippen molar-refractivity contribution >= 4 is 52.0 Å². The lowest BCUT2D eigenvalue weighted by Crippen LogP contribution is -2.35. The zero-order valence-corrected chi connectivity index (χ0v) is 12.0. The van der Waals surface area contributed by atoms with Crippen molar-refractivity contribution in [3.05, 3.63) is 27.7 Å². The number of aryl methyl sites for hydroxylation is 1. The molecule has 0 bridgehead atoms. The predicted molar refractivity (Wildman–Crippen MR) is 78.3 cm³/mol. The van der Waals surface area contributed by atoms with Gasteiger partial charge in [0.15, 0.2) is 0 Å². The van der Waals surface area contributed by atoms with Crippen LogP contribution in [0.1, 0.15) is 18.4 Å². The van der Waals surface area contributed by atoms with Gasteiger partial charge in [-0.25, -0.2) is 0 Å². The second kappa shape index (κ2) is 4.68. The number of hydrogen-bond donors (Lipinski definition) is 2. The number of anilines is 1. The summed E-state index contributed by atoms with van der Waals surface area (Å²) in [5, 5.41) is 3.57. The fourth-order valence-corrected chi connectivity index (χ4v) is 2.48. The van der Waals surface area contributed by atoms with E-state index in [1.54, 1.807) is 12.1 Å². The third-order valence-corrected chi connectivity index (χ3v) is 4.37. The number of carbonyl (C=O) groups excluding carboxylic acids is 1. The number of nitrogens with one attached hydrogen (secondary N) is 1. The number of nitrogens with two attached hydrogens (primary N) is 1. The molecule has 96 valence electrons. The van der Waals surface area contributed by atoms with E-state index in [2.05, 4.69) is 5.32 Å². The molecule has 18 heavy (non-hydrogen) atoms. The Morgan fingerprint density at radius 1 is 1.44 bits per heavy atom. The molecular formula is C12H12Cl2N2OS. The molecule has 6 heteroatoms. The summed E-state index contributed by atoms with van der Waals surface area (Å²) in [7, 11) is 0. The highest BCUT2D eigenvalue weighted by Gasteiger charge is 2.52. The van der Waals surface area contributed by atoms with Crippen molar-refractivity contribution < 1.29 is 4.79 Å². The lowest BCUT2D eigenvalue weighted by Gasteiger charge is -2.16. The van der Waals surface area contributed by atoms with E-state index in [0.29, 0.717) is 28.6 Å². The van der Waals surface area contributed by atoms with Crippen LogP contribution in [0.5, 0.6) is 0 Å². The molecule has 0 aromatic heterocycles. The van der Waals surface area contributed by atoms with Crippen LogP contribution >= 0.6 is 35.4 Å². The number of hydrogen-bond acceptors (Lipinski definition) is 2. The van der Waals surface area contributed by atoms with Crippen LogP contribution < -0.4 is 11.1 Å². The average molecular weight is 303 g/mol. The molecule has 0 heterocycles. The topological polar surface area (TPSA) is 55.1 Å². The molecule has 1 aliphatic rings. The summed E-state index contributed by atoms with van der Waals surface area (Å²) in [6.45, 7) is 1.84. The molecular weight excluding hydrogens is 291 g/mol. The number of rotatable bonds is 3. The minimum absolute atomic E-state index is 0.222. The van der Waals surface area contributed by atoms with Crippen LogP contribution in [0.2, 0.25) is 10.0 Å². The minimum atomic E-state index is -0.717. The first-order valence-corrected chi connectivity index (χ1v) is 6.61. The summed E-state index contributed by atoms with van der Waals surface area (Å²) in [5.41, 5.74) is 6.15. The highest BCUT2D eigenvalue weighted by Crippen LogP contribution is 2.47. The standard InChI is InChI=1S/C12H12Cl2N2OS/c1-6-2-3-7(13)9(8(6)14)16-11(17)12(4-5-12)10(15)18/h2-3H,4-5H2,1H3,(H2,15,18)(H,16,17). The van der Waals surface area contributed by atoms with Crippen molar-refractivity contribution in [1.82, 2.24) is 0 Å². The highest BCUT2D eigenvalue weighted by atomic mass is 35.5. The van der Waals surface area contributed by atoms with E-state index >= 15 is 0 Å². The molecule has 3 N–H and O–H groups in total. The van der Waals surface area contributed by atoms with E-state index in [1.807, 2.05) is 6.92 Å². The largest absolute Gasteiger partial charge is 0.392 e. The summed E-state index contributed by atoms with van der Waals surface area (Å²) in [5.74, 6) is -0.232. The SMILES string of the molecule is Cc1ccc(Cl)c(NC(=O)C2(C(N)=S)CC2)c1Cl. The van der Waals surface area contributed by atoms with Gasteiger partial charge in [-0.2, -0.15) is 0 Å². The molecule has 1 aromatic rings. The van der Waals surface area contributed by atoms with Crippen molar-refractivity contribution in [2.75, 3.05) is 5.32 Å². The third kappa shape index (κ3) is 2.20. The second-order valence-corrected chi connectivity index (χ2v) is 5.68. The molecule has 3 nitrogen and oxygen atoms in total. The Morgan fingerprint density at radius 2 is 2.06 bits per heavy atom. The van der Waals surface area contributed by atoms with Crippen molar-refractivity contribution in [3.8, 4) is 0 Å². The molecule has 0 aliphatic heterocycles. The summed E-state index contributed by atoms with van der Waals surface area (Å²) in [4.78, 5) is 12.4. The van der Waals surface area contributed by atoms with Crippen LogP contribution in [-0.4, -0.2) is 10.9 Å². The Labute approximate surface area is 121 Å².